The molecule has 11 heteroatoms. The van der Waals surface area contributed by atoms with Gasteiger partial charge in [-0.1, -0.05) is 0 Å². The fourth-order valence-corrected chi connectivity index (χ4v) is 3.58. The van der Waals surface area contributed by atoms with Gasteiger partial charge >= 0.3 is 6.18 Å². The lowest BCUT2D eigenvalue weighted by Gasteiger charge is -2.10. The van der Waals surface area contributed by atoms with Crippen LogP contribution in [0.25, 0.3) is 33.1 Å². The van der Waals surface area contributed by atoms with E-state index < -0.39 is 17.6 Å². The van der Waals surface area contributed by atoms with E-state index in [4.69, 9.17) is 5.73 Å². The van der Waals surface area contributed by atoms with Crippen LogP contribution in [-0.4, -0.2) is 33.9 Å². The minimum atomic E-state index is -4.72. The monoisotopic (exact) mass is 467 g/mol. The standard InChI is InChI=1S/C23H17F4N7/c1-2-31-18-5-15(24)4-16-19-21(32-10-14(7-29)23(25,26)27)17(11-33-22(19)34-20(16)18)13-3-12(6-28)8-30-9-13/h3-5,7-11,31H,2,29H2,1H3,(H,33,34). The van der Waals surface area contributed by atoms with Crippen molar-refractivity contribution in [1.82, 2.24) is 15.0 Å². The highest BCUT2D eigenvalue weighted by Crippen LogP contribution is 2.41. The molecule has 0 saturated heterocycles. The van der Waals surface area contributed by atoms with Crippen LogP contribution in [0.1, 0.15) is 12.5 Å². The minimum absolute atomic E-state index is 0.0878. The van der Waals surface area contributed by atoms with Crippen molar-refractivity contribution in [2.75, 3.05) is 11.9 Å². The largest absolute Gasteiger partial charge is 0.419 e. The highest BCUT2D eigenvalue weighted by atomic mass is 19.4. The molecule has 4 N–H and O–H groups in total. The number of fused-ring (bicyclic) bond motifs is 3. The number of pyridine rings is 2. The molecule has 0 spiro atoms. The molecule has 7 nitrogen and oxygen atoms in total. The molecular formula is C23H17F4N7. The predicted octanol–water partition coefficient (Wildman–Crippen LogP) is 5.33. The van der Waals surface area contributed by atoms with Gasteiger partial charge in [0, 0.05) is 54.1 Å². The molecule has 0 unspecified atom stereocenters. The van der Waals surface area contributed by atoms with Crippen LogP contribution in [0.3, 0.4) is 0 Å². The van der Waals surface area contributed by atoms with Crippen LogP contribution in [0.15, 0.2) is 53.6 Å². The van der Waals surface area contributed by atoms with Gasteiger partial charge in [-0.2, -0.15) is 18.4 Å². The van der Waals surface area contributed by atoms with Crippen molar-refractivity contribution in [2.24, 2.45) is 10.7 Å². The van der Waals surface area contributed by atoms with Gasteiger partial charge in [-0.25, -0.2) is 9.37 Å². The molecule has 0 aliphatic heterocycles. The number of nitrogens with zero attached hydrogens (tertiary/aromatic N) is 4. The minimum Gasteiger partial charge on any atom is -0.404 e. The number of aliphatic imine (C=N–C) groups is 1. The third-order valence-electron chi connectivity index (χ3n) is 5.05. The smallest absolute Gasteiger partial charge is 0.404 e. The summed E-state index contributed by atoms with van der Waals surface area (Å²) >= 11 is 0. The number of hydrogen-bond acceptors (Lipinski definition) is 6. The first-order valence-electron chi connectivity index (χ1n) is 10.0. The summed E-state index contributed by atoms with van der Waals surface area (Å²) in [6, 6.07) is 6.05. The molecule has 4 aromatic rings. The lowest BCUT2D eigenvalue weighted by molar-refractivity contribution is -0.0857. The summed E-state index contributed by atoms with van der Waals surface area (Å²) in [7, 11) is 0. The first kappa shape index (κ1) is 22.7. The first-order chi connectivity index (χ1) is 16.3. The number of nitriles is 1. The molecule has 0 bridgehead atoms. The number of alkyl halides is 3. The second-order valence-electron chi connectivity index (χ2n) is 7.23. The SMILES string of the molecule is CCNc1cc(F)cc2c1[nH]c1ncc(-c3cncc(C#N)c3)c(N=CC(=CN)C(F)(F)F)c12. The Bertz CT molecular complexity index is 1490. The normalized spacial score (nSPS) is 12.5. The second kappa shape index (κ2) is 8.82. The molecule has 0 atom stereocenters. The average Bonchev–Trinajstić information content (AvgIpc) is 3.17. The zero-order chi connectivity index (χ0) is 24.5. The summed E-state index contributed by atoms with van der Waals surface area (Å²) in [5.74, 6) is -0.546. The fourth-order valence-electron chi connectivity index (χ4n) is 3.58. The van der Waals surface area contributed by atoms with E-state index in [1.165, 1.54) is 36.8 Å². The maximum atomic E-state index is 14.5. The Labute approximate surface area is 190 Å². The molecule has 1 aromatic carbocycles. The van der Waals surface area contributed by atoms with Crippen molar-refractivity contribution in [2.45, 2.75) is 13.1 Å². The van der Waals surface area contributed by atoms with Crippen LogP contribution in [0.2, 0.25) is 0 Å². The second-order valence-corrected chi connectivity index (χ2v) is 7.23. The van der Waals surface area contributed by atoms with Gasteiger partial charge in [-0.05, 0) is 25.1 Å². The Morgan fingerprint density at radius 1 is 1.26 bits per heavy atom. The number of benzene rings is 1. The molecule has 4 rings (SSSR count). The van der Waals surface area contributed by atoms with Gasteiger partial charge in [0.1, 0.15) is 17.5 Å². The number of aromatic amines is 1. The van der Waals surface area contributed by atoms with Crippen LogP contribution in [0.4, 0.5) is 28.9 Å². The molecule has 0 fully saturated rings. The highest BCUT2D eigenvalue weighted by Gasteiger charge is 2.32. The molecule has 3 heterocycles. The maximum absolute atomic E-state index is 14.5. The Balaban J connectivity index is 2.08. The van der Waals surface area contributed by atoms with E-state index in [9.17, 15) is 22.8 Å². The van der Waals surface area contributed by atoms with E-state index in [0.29, 0.717) is 57.7 Å². The Hall–Kier alpha value is -4.46. The molecule has 0 saturated carbocycles. The quantitative estimate of drug-likeness (QED) is 0.271. The summed E-state index contributed by atoms with van der Waals surface area (Å²) in [5.41, 5.74) is 6.34. The van der Waals surface area contributed by atoms with Crippen LogP contribution in [0.5, 0.6) is 0 Å². The summed E-state index contributed by atoms with van der Waals surface area (Å²) in [4.78, 5) is 15.6. The van der Waals surface area contributed by atoms with Crippen LogP contribution in [0, 0.1) is 17.1 Å². The predicted molar refractivity (Wildman–Crippen MR) is 122 cm³/mol. The zero-order valence-corrected chi connectivity index (χ0v) is 17.7. The van der Waals surface area contributed by atoms with E-state index >= 15 is 0 Å². The van der Waals surface area contributed by atoms with Gasteiger partial charge in [0.05, 0.1) is 33.4 Å². The number of nitrogens with two attached hydrogens (primary N) is 1. The Morgan fingerprint density at radius 3 is 2.74 bits per heavy atom. The van der Waals surface area contributed by atoms with Crippen molar-refractivity contribution in [3.8, 4) is 17.2 Å². The number of aromatic nitrogens is 3. The number of halogens is 4. The summed E-state index contributed by atoms with van der Waals surface area (Å²) in [6.07, 6.45) is 0.482. The maximum Gasteiger partial charge on any atom is 0.419 e. The third-order valence-corrected chi connectivity index (χ3v) is 5.05. The summed E-state index contributed by atoms with van der Waals surface area (Å²) in [6.45, 7) is 2.36. The van der Waals surface area contributed by atoms with Crippen molar-refractivity contribution < 1.29 is 17.6 Å². The topological polar surface area (TPSA) is 116 Å². The van der Waals surface area contributed by atoms with Gasteiger partial charge < -0.3 is 16.0 Å². The summed E-state index contributed by atoms with van der Waals surface area (Å²) < 4.78 is 54.3. The number of H-pyrrole nitrogens is 1. The molecular weight excluding hydrogens is 450 g/mol. The van der Waals surface area contributed by atoms with E-state index in [2.05, 4.69) is 25.3 Å². The molecule has 0 radical (unpaired) electrons. The summed E-state index contributed by atoms with van der Waals surface area (Å²) in [5, 5.41) is 13.0. The molecule has 34 heavy (non-hydrogen) atoms. The number of allylic oxidation sites excluding steroid dienone is 1. The molecule has 0 aliphatic carbocycles. The number of anilines is 1. The first-order valence-corrected chi connectivity index (χ1v) is 10.0. The van der Waals surface area contributed by atoms with E-state index in [1.54, 1.807) is 0 Å². The molecule has 0 aliphatic rings. The fraction of sp³-hybridized carbons (Fsp3) is 0.130. The zero-order valence-electron chi connectivity index (χ0n) is 17.7. The van der Waals surface area contributed by atoms with E-state index in [-0.39, 0.29) is 11.3 Å². The van der Waals surface area contributed by atoms with Crippen molar-refractivity contribution in [1.29, 1.82) is 5.26 Å². The van der Waals surface area contributed by atoms with E-state index in [0.717, 1.165) is 0 Å². The van der Waals surface area contributed by atoms with Crippen LogP contribution < -0.4 is 11.1 Å². The lowest BCUT2D eigenvalue weighted by atomic mass is 10.0. The van der Waals surface area contributed by atoms with Gasteiger partial charge in [0.25, 0.3) is 0 Å². The Kier molecular flexibility index (Phi) is 5.89. The van der Waals surface area contributed by atoms with Gasteiger partial charge in [0.2, 0.25) is 0 Å². The third kappa shape index (κ3) is 4.13. The van der Waals surface area contributed by atoms with Gasteiger partial charge in [-0.3, -0.25) is 9.98 Å². The van der Waals surface area contributed by atoms with Crippen molar-refractivity contribution >= 4 is 39.5 Å². The molecule has 172 valence electrons. The Morgan fingerprint density at radius 2 is 2.06 bits per heavy atom. The van der Waals surface area contributed by atoms with Crippen molar-refractivity contribution in [3.63, 3.8) is 0 Å². The molecule has 3 aromatic heterocycles. The average molecular weight is 467 g/mol. The van der Waals surface area contributed by atoms with Crippen LogP contribution >= 0.6 is 0 Å². The molecule has 0 amide bonds. The highest BCUT2D eigenvalue weighted by molar-refractivity contribution is 6.17. The number of nitrogens with one attached hydrogen (secondary N) is 2. The number of rotatable bonds is 5. The number of hydrogen-bond donors (Lipinski definition) is 3. The lowest BCUT2D eigenvalue weighted by Crippen LogP contribution is -2.14. The van der Waals surface area contributed by atoms with Gasteiger partial charge in [0.15, 0.2) is 0 Å². The van der Waals surface area contributed by atoms with Crippen molar-refractivity contribution in [3.05, 3.63) is 59.9 Å². The van der Waals surface area contributed by atoms with Gasteiger partial charge in [-0.15, -0.1) is 0 Å². The van der Waals surface area contributed by atoms with Crippen LogP contribution in [-0.2, 0) is 0 Å². The van der Waals surface area contributed by atoms with E-state index in [1.807, 2.05) is 13.0 Å².